The van der Waals surface area contributed by atoms with Gasteiger partial charge >= 0.3 is 23.9 Å². The lowest BCUT2D eigenvalue weighted by Gasteiger charge is -2.30. The summed E-state index contributed by atoms with van der Waals surface area (Å²) >= 11 is 0. The number of nitrogens with one attached hydrogen (secondary N) is 1. The number of ether oxygens (including phenoxy) is 5. The highest BCUT2D eigenvalue weighted by Gasteiger charge is 2.34. The third kappa shape index (κ3) is 13.5. The average molecular weight is 433 g/mol. The SMILES string of the molecule is CC(=O)N[C@@H](CCCOC(C)[C@H](OC(C)=O)[C@@H](COC(C)=O)OC(C)=O)OC(C)=O. The second-order valence-corrected chi connectivity index (χ2v) is 6.54. The van der Waals surface area contributed by atoms with E-state index in [1.807, 2.05) is 0 Å². The molecule has 0 bridgehead atoms. The van der Waals surface area contributed by atoms with E-state index in [9.17, 15) is 24.0 Å². The molecule has 0 heterocycles. The van der Waals surface area contributed by atoms with Gasteiger partial charge in [-0.25, -0.2) is 0 Å². The topological polar surface area (TPSA) is 144 Å². The molecule has 0 aliphatic rings. The molecule has 0 fully saturated rings. The first kappa shape index (κ1) is 27.3. The van der Waals surface area contributed by atoms with Gasteiger partial charge in [-0.2, -0.15) is 0 Å². The van der Waals surface area contributed by atoms with E-state index in [1.54, 1.807) is 6.92 Å². The Labute approximate surface area is 175 Å². The van der Waals surface area contributed by atoms with Crippen molar-refractivity contribution in [2.75, 3.05) is 13.2 Å². The largest absolute Gasteiger partial charge is 0.462 e. The Kier molecular flexibility index (Phi) is 13.0. The quantitative estimate of drug-likeness (QED) is 0.190. The summed E-state index contributed by atoms with van der Waals surface area (Å²) in [6.45, 7) is 7.55. The van der Waals surface area contributed by atoms with Crippen molar-refractivity contribution in [3.63, 3.8) is 0 Å². The van der Waals surface area contributed by atoms with Gasteiger partial charge in [0, 0.05) is 47.6 Å². The molecule has 0 aromatic heterocycles. The number of esters is 4. The molecule has 30 heavy (non-hydrogen) atoms. The minimum atomic E-state index is -1.06. The second-order valence-electron chi connectivity index (χ2n) is 6.54. The highest BCUT2D eigenvalue weighted by molar-refractivity contribution is 5.73. The molecular formula is C19H31NO10. The minimum Gasteiger partial charge on any atom is -0.462 e. The summed E-state index contributed by atoms with van der Waals surface area (Å²) in [6, 6.07) is 0. The van der Waals surface area contributed by atoms with Crippen molar-refractivity contribution in [3.8, 4) is 0 Å². The minimum absolute atomic E-state index is 0.163. The molecule has 0 aliphatic carbocycles. The molecule has 0 saturated heterocycles. The molecule has 0 rings (SSSR count). The van der Waals surface area contributed by atoms with Gasteiger partial charge < -0.3 is 29.0 Å². The van der Waals surface area contributed by atoms with E-state index in [2.05, 4.69) is 5.32 Å². The van der Waals surface area contributed by atoms with Crippen LogP contribution in [0.1, 0.15) is 54.4 Å². The van der Waals surface area contributed by atoms with Gasteiger partial charge in [-0.1, -0.05) is 0 Å². The van der Waals surface area contributed by atoms with Crippen LogP contribution < -0.4 is 5.32 Å². The predicted molar refractivity (Wildman–Crippen MR) is 102 cm³/mol. The van der Waals surface area contributed by atoms with Gasteiger partial charge in [0.15, 0.2) is 18.4 Å². The maximum atomic E-state index is 11.5. The summed E-state index contributed by atoms with van der Waals surface area (Å²) in [6.07, 6.45) is -2.89. The molecular weight excluding hydrogens is 402 g/mol. The van der Waals surface area contributed by atoms with Crippen LogP contribution in [0.3, 0.4) is 0 Å². The van der Waals surface area contributed by atoms with Gasteiger partial charge in [-0.3, -0.25) is 24.0 Å². The lowest BCUT2D eigenvalue weighted by molar-refractivity contribution is -0.184. The average Bonchev–Trinajstić information content (AvgIpc) is 2.58. The summed E-state index contributed by atoms with van der Waals surface area (Å²) in [5, 5.41) is 2.50. The molecule has 0 saturated carbocycles. The van der Waals surface area contributed by atoms with Crippen molar-refractivity contribution in [1.82, 2.24) is 5.32 Å². The first-order valence-electron chi connectivity index (χ1n) is 9.46. The number of carbonyl (C=O) groups is 5. The Morgan fingerprint density at radius 3 is 1.83 bits per heavy atom. The van der Waals surface area contributed by atoms with Gasteiger partial charge in [0.05, 0.1) is 6.10 Å². The predicted octanol–water partition coefficient (Wildman–Crippen LogP) is 0.624. The molecule has 11 nitrogen and oxygen atoms in total. The lowest BCUT2D eigenvalue weighted by atomic mass is 10.1. The van der Waals surface area contributed by atoms with Crippen LogP contribution in [0.2, 0.25) is 0 Å². The van der Waals surface area contributed by atoms with Crippen molar-refractivity contribution in [1.29, 1.82) is 0 Å². The van der Waals surface area contributed by atoms with E-state index in [4.69, 9.17) is 23.7 Å². The highest BCUT2D eigenvalue weighted by atomic mass is 16.6. The summed E-state index contributed by atoms with van der Waals surface area (Å²) in [7, 11) is 0. The smallest absolute Gasteiger partial charge is 0.304 e. The fraction of sp³-hybridized carbons (Fsp3) is 0.737. The van der Waals surface area contributed by atoms with Gasteiger partial charge in [-0.05, 0) is 13.3 Å². The Hall–Kier alpha value is -2.69. The van der Waals surface area contributed by atoms with Crippen molar-refractivity contribution in [2.24, 2.45) is 0 Å². The number of hydrogen-bond donors (Lipinski definition) is 1. The third-order valence-electron chi connectivity index (χ3n) is 3.56. The van der Waals surface area contributed by atoms with Gasteiger partial charge in [0.2, 0.25) is 5.91 Å². The zero-order chi connectivity index (χ0) is 23.3. The summed E-state index contributed by atoms with van der Waals surface area (Å²) in [5.41, 5.74) is 0. The monoisotopic (exact) mass is 433 g/mol. The Morgan fingerprint density at radius 2 is 1.37 bits per heavy atom. The van der Waals surface area contributed by atoms with Gasteiger partial charge in [-0.15, -0.1) is 0 Å². The molecule has 172 valence electrons. The summed E-state index contributed by atoms with van der Waals surface area (Å²) in [4.78, 5) is 56.3. The Morgan fingerprint density at radius 1 is 0.800 bits per heavy atom. The molecule has 11 heteroatoms. The summed E-state index contributed by atoms with van der Waals surface area (Å²) < 4.78 is 25.9. The van der Waals surface area contributed by atoms with E-state index in [0.717, 1.165) is 0 Å². The fourth-order valence-electron chi connectivity index (χ4n) is 2.49. The molecule has 0 aromatic carbocycles. The Balaban J connectivity index is 4.94. The lowest BCUT2D eigenvalue weighted by Crippen LogP contribution is -2.46. The van der Waals surface area contributed by atoms with Gasteiger partial charge in [0.1, 0.15) is 6.61 Å². The number of hydrogen-bond acceptors (Lipinski definition) is 10. The maximum absolute atomic E-state index is 11.5. The van der Waals surface area contributed by atoms with Crippen LogP contribution in [0.15, 0.2) is 0 Å². The van der Waals surface area contributed by atoms with E-state index < -0.39 is 48.4 Å². The van der Waals surface area contributed by atoms with E-state index in [0.29, 0.717) is 12.8 Å². The van der Waals surface area contributed by atoms with E-state index in [-0.39, 0.29) is 19.1 Å². The van der Waals surface area contributed by atoms with Crippen molar-refractivity contribution < 1.29 is 47.7 Å². The molecule has 1 unspecified atom stereocenters. The highest BCUT2D eigenvalue weighted by Crippen LogP contribution is 2.15. The molecule has 0 spiro atoms. The maximum Gasteiger partial charge on any atom is 0.304 e. The fourth-order valence-corrected chi connectivity index (χ4v) is 2.49. The van der Waals surface area contributed by atoms with Crippen LogP contribution in [0.4, 0.5) is 0 Å². The van der Waals surface area contributed by atoms with Gasteiger partial charge in [0.25, 0.3) is 0 Å². The van der Waals surface area contributed by atoms with Crippen molar-refractivity contribution >= 4 is 29.8 Å². The van der Waals surface area contributed by atoms with E-state index in [1.165, 1.54) is 34.6 Å². The molecule has 4 atom stereocenters. The van der Waals surface area contributed by atoms with Crippen LogP contribution in [0.25, 0.3) is 0 Å². The second kappa shape index (κ2) is 14.3. The first-order valence-corrected chi connectivity index (χ1v) is 9.46. The first-order chi connectivity index (χ1) is 13.9. The van der Waals surface area contributed by atoms with Crippen molar-refractivity contribution in [2.45, 2.75) is 78.9 Å². The number of amides is 1. The zero-order valence-corrected chi connectivity index (χ0v) is 18.2. The number of rotatable bonds is 13. The van der Waals surface area contributed by atoms with Crippen molar-refractivity contribution in [3.05, 3.63) is 0 Å². The van der Waals surface area contributed by atoms with Crippen LogP contribution >= 0.6 is 0 Å². The van der Waals surface area contributed by atoms with E-state index >= 15 is 0 Å². The summed E-state index contributed by atoms with van der Waals surface area (Å²) in [5.74, 6) is -2.74. The normalized spacial score (nSPS) is 14.5. The molecule has 1 N–H and O–H groups in total. The van der Waals surface area contributed by atoms with Crippen LogP contribution in [-0.2, 0) is 47.7 Å². The van der Waals surface area contributed by atoms with Crippen LogP contribution in [0.5, 0.6) is 0 Å². The molecule has 0 aromatic rings. The standard InChI is InChI=1S/C19H31NO10/c1-11(26-9-7-8-18(20-12(2)21)29-15(5)24)19(30-16(6)25)17(28-14(4)23)10-27-13(3)22/h11,17-19H,7-10H2,1-6H3,(H,20,21)/t11?,17-,18-,19+/m1/s1. The molecule has 0 aliphatic heterocycles. The van der Waals surface area contributed by atoms with Crippen LogP contribution in [0, 0.1) is 0 Å². The molecule has 1 amide bonds. The molecule has 0 radical (unpaired) electrons. The zero-order valence-electron chi connectivity index (χ0n) is 18.2. The van der Waals surface area contributed by atoms with Crippen LogP contribution in [-0.4, -0.2) is 67.5 Å². The Bertz CT molecular complexity index is 590. The third-order valence-corrected chi connectivity index (χ3v) is 3.56. The number of carbonyl (C=O) groups excluding carboxylic acids is 5.